The molecule has 152 valence electrons. The molecular weight excluding hydrogens is 370 g/mol. The van der Waals surface area contributed by atoms with Crippen LogP contribution in [0, 0.1) is 5.92 Å². The van der Waals surface area contributed by atoms with Gasteiger partial charge in [0.25, 0.3) is 0 Å². The van der Waals surface area contributed by atoms with Crippen molar-refractivity contribution in [2.45, 2.75) is 13.3 Å². The lowest BCUT2D eigenvalue weighted by Gasteiger charge is -2.35. The van der Waals surface area contributed by atoms with Crippen molar-refractivity contribution in [3.05, 3.63) is 42.7 Å². The lowest BCUT2D eigenvalue weighted by Crippen LogP contribution is -2.51. The fourth-order valence-corrected chi connectivity index (χ4v) is 3.90. The number of carbonyl (C=O) groups is 2. The van der Waals surface area contributed by atoms with Crippen molar-refractivity contribution in [2.24, 2.45) is 5.92 Å². The number of benzene rings is 1. The highest BCUT2D eigenvalue weighted by Gasteiger charge is 2.38. The van der Waals surface area contributed by atoms with Crippen molar-refractivity contribution < 1.29 is 14.3 Å². The van der Waals surface area contributed by atoms with Crippen LogP contribution in [-0.4, -0.2) is 66.0 Å². The van der Waals surface area contributed by atoms with Gasteiger partial charge in [-0.05, 0) is 25.1 Å². The molecule has 0 aliphatic carbocycles. The monoisotopic (exact) mass is 395 g/mol. The Hall–Kier alpha value is -3.16. The summed E-state index contributed by atoms with van der Waals surface area (Å²) in [6.07, 6.45) is 3.68. The van der Waals surface area contributed by atoms with Crippen LogP contribution in [0.5, 0.6) is 5.75 Å². The average Bonchev–Trinajstić information content (AvgIpc) is 3.16. The lowest BCUT2D eigenvalue weighted by molar-refractivity contribution is -0.136. The number of piperazine rings is 1. The van der Waals surface area contributed by atoms with Crippen LogP contribution in [0.15, 0.2) is 42.7 Å². The minimum Gasteiger partial charge on any atom is -0.492 e. The molecule has 0 radical (unpaired) electrons. The third-order valence-electron chi connectivity index (χ3n) is 5.36. The number of aromatic nitrogens is 2. The first kappa shape index (κ1) is 19.2. The molecule has 2 fully saturated rings. The van der Waals surface area contributed by atoms with E-state index in [2.05, 4.69) is 14.9 Å². The number of anilines is 2. The zero-order valence-electron chi connectivity index (χ0n) is 16.5. The van der Waals surface area contributed by atoms with E-state index in [0.717, 1.165) is 5.69 Å². The predicted molar refractivity (Wildman–Crippen MR) is 109 cm³/mol. The second kappa shape index (κ2) is 8.46. The van der Waals surface area contributed by atoms with Crippen LogP contribution >= 0.6 is 0 Å². The standard InChI is InChI=1S/C21H25N5O3/c1-2-29-18-7-4-3-6-17(18)26-15-16(14-19(26)27)20(28)24-10-12-25(13-11-24)21-22-8-5-9-23-21/h3-9,16H,2,10-15H2,1H3/t16-/m1/s1. The normalized spacial score (nSPS) is 19.6. The van der Waals surface area contributed by atoms with E-state index < -0.39 is 0 Å². The molecule has 2 saturated heterocycles. The van der Waals surface area contributed by atoms with E-state index in [1.165, 1.54) is 0 Å². The number of para-hydroxylation sites is 2. The van der Waals surface area contributed by atoms with Crippen molar-refractivity contribution in [2.75, 3.05) is 49.1 Å². The average molecular weight is 395 g/mol. The van der Waals surface area contributed by atoms with Gasteiger partial charge in [-0.3, -0.25) is 9.59 Å². The number of amides is 2. The van der Waals surface area contributed by atoms with Crippen molar-refractivity contribution in [3.63, 3.8) is 0 Å². The molecule has 1 aromatic heterocycles. The minimum atomic E-state index is -0.322. The van der Waals surface area contributed by atoms with Gasteiger partial charge in [0.05, 0.1) is 18.2 Å². The van der Waals surface area contributed by atoms with Crippen LogP contribution in [0.4, 0.5) is 11.6 Å². The highest BCUT2D eigenvalue weighted by atomic mass is 16.5. The van der Waals surface area contributed by atoms with Gasteiger partial charge in [-0.1, -0.05) is 12.1 Å². The van der Waals surface area contributed by atoms with E-state index in [0.29, 0.717) is 51.0 Å². The molecule has 0 bridgehead atoms. The zero-order valence-corrected chi connectivity index (χ0v) is 16.5. The summed E-state index contributed by atoms with van der Waals surface area (Å²) < 4.78 is 5.66. The van der Waals surface area contributed by atoms with Crippen molar-refractivity contribution in [1.82, 2.24) is 14.9 Å². The highest BCUT2D eigenvalue weighted by Crippen LogP contribution is 2.33. The maximum Gasteiger partial charge on any atom is 0.228 e. The Morgan fingerprint density at radius 2 is 1.83 bits per heavy atom. The number of nitrogens with zero attached hydrogens (tertiary/aromatic N) is 5. The predicted octanol–water partition coefficient (Wildman–Crippen LogP) is 1.58. The lowest BCUT2D eigenvalue weighted by atomic mass is 10.1. The summed E-state index contributed by atoms with van der Waals surface area (Å²) in [6, 6.07) is 9.27. The Kier molecular flexibility index (Phi) is 5.59. The third-order valence-corrected chi connectivity index (χ3v) is 5.36. The van der Waals surface area contributed by atoms with Crippen molar-refractivity contribution >= 4 is 23.5 Å². The first-order valence-corrected chi connectivity index (χ1v) is 10.0. The maximum absolute atomic E-state index is 13.0. The minimum absolute atomic E-state index is 0.0353. The molecule has 0 unspecified atom stereocenters. The first-order chi connectivity index (χ1) is 14.2. The second-order valence-electron chi connectivity index (χ2n) is 7.17. The van der Waals surface area contributed by atoms with Crippen LogP contribution < -0.4 is 14.5 Å². The third kappa shape index (κ3) is 4.01. The fourth-order valence-electron chi connectivity index (χ4n) is 3.90. The van der Waals surface area contributed by atoms with Crippen molar-refractivity contribution in [3.8, 4) is 5.75 Å². The number of rotatable bonds is 5. The first-order valence-electron chi connectivity index (χ1n) is 10.0. The van der Waals surface area contributed by atoms with Gasteiger partial charge in [-0.15, -0.1) is 0 Å². The molecule has 1 atom stereocenters. The number of hydrogen-bond acceptors (Lipinski definition) is 6. The summed E-state index contributed by atoms with van der Waals surface area (Å²) in [5, 5.41) is 0. The van der Waals surface area contributed by atoms with Gasteiger partial charge in [-0.25, -0.2) is 9.97 Å². The summed E-state index contributed by atoms with van der Waals surface area (Å²) in [5.41, 5.74) is 0.737. The second-order valence-corrected chi connectivity index (χ2v) is 7.17. The Balaban J connectivity index is 1.39. The van der Waals surface area contributed by atoms with Crippen LogP contribution in [0.1, 0.15) is 13.3 Å². The fraction of sp³-hybridized carbons (Fsp3) is 0.429. The molecule has 2 aromatic rings. The van der Waals surface area contributed by atoms with E-state index in [9.17, 15) is 9.59 Å². The molecule has 8 heteroatoms. The molecule has 29 heavy (non-hydrogen) atoms. The number of carbonyl (C=O) groups excluding carboxylic acids is 2. The summed E-state index contributed by atoms with van der Waals surface area (Å²) in [5.74, 6) is 1.05. The molecule has 0 N–H and O–H groups in total. The highest BCUT2D eigenvalue weighted by molar-refractivity contribution is 6.01. The summed E-state index contributed by atoms with van der Waals surface area (Å²) in [6.45, 7) is 5.42. The van der Waals surface area contributed by atoms with Crippen molar-refractivity contribution in [1.29, 1.82) is 0 Å². The van der Waals surface area contributed by atoms with Crippen LogP contribution in [0.2, 0.25) is 0 Å². The van der Waals surface area contributed by atoms with Gasteiger partial charge < -0.3 is 19.4 Å². The zero-order chi connectivity index (χ0) is 20.2. The molecule has 0 spiro atoms. The number of hydrogen-bond donors (Lipinski definition) is 0. The van der Waals surface area contributed by atoms with Gasteiger partial charge in [-0.2, -0.15) is 0 Å². The van der Waals surface area contributed by atoms with Crippen LogP contribution in [0.25, 0.3) is 0 Å². The Bertz CT molecular complexity index is 868. The molecule has 3 heterocycles. The Morgan fingerprint density at radius 1 is 1.10 bits per heavy atom. The quantitative estimate of drug-likeness (QED) is 0.765. The summed E-state index contributed by atoms with van der Waals surface area (Å²) in [4.78, 5) is 39.8. The van der Waals surface area contributed by atoms with Gasteiger partial charge in [0.1, 0.15) is 5.75 Å². The van der Waals surface area contributed by atoms with Gasteiger partial charge >= 0.3 is 0 Å². The van der Waals surface area contributed by atoms with Gasteiger partial charge in [0.2, 0.25) is 17.8 Å². The molecule has 8 nitrogen and oxygen atoms in total. The molecule has 2 aliphatic heterocycles. The molecule has 1 aromatic carbocycles. The van der Waals surface area contributed by atoms with E-state index in [1.807, 2.05) is 36.1 Å². The van der Waals surface area contributed by atoms with E-state index in [-0.39, 0.29) is 24.2 Å². The summed E-state index contributed by atoms with van der Waals surface area (Å²) >= 11 is 0. The molecule has 4 rings (SSSR count). The number of ether oxygens (including phenoxy) is 1. The maximum atomic E-state index is 13.0. The van der Waals surface area contributed by atoms with E-state index in [4.69, 9.17) is 4.74 Å². The van der Waals surface area contributed by atoms with Gasteiger partial charge in [0, 0.05) is 51.5 Å². The van der Waals surface area contributed by atoms with Crippen LogP contribution in [-0.2, 0) is 9.59 Å². The summed E-state index contributed by atoms with van der Waals surface area (Å²) in [7, 11) is 0. The van der Waals surface area contributed by atoms with E-state index in [1.54, 1.807) is 23.4 Å². The Morgan fingerprint density at radius 3 is 2.55 bits per heavy atom. The molecule has 2 aliphatic rings. The SMILES string of the molecule is CCOc1ccccc1N1C[C@H](C(=O)N2CCN(c3ncccn3)CC2)CC1=O. The Labute approximate surface area is 170 Å². The van der Waals surface area contributed by atoms with Gasteiger partial charge in [0.15, 0.2) is 0 Å². The molecule has 0 saturated carbocycles. The van der Waals surface area contributed by atoms with Crippen LogP contribution in [0.3, 0.4) is 0 Å². The molecule has 2 amide bonds. The van der Waals surface area contributed by atoms with E-state index >= 15 is 0 Å². The molecular formula is C21H25N5O3. The smallest absolute Gasteiger partial charge is 0.228 e. The largest absolute Gasteiger partial charge is 0.492 e. The topological polar surface area (TPSA) is 78.9 Å².